The third kappa shape index (κ3) is 5.09. The van der Waals surface area contributed by atoms with Crippen LogP contribution in [0.2, 0.25) is 0 Å². The molecule has 1 N–H and O–H groups in total. The third-order valence-electron chi connectivity index (χ3n) is 4.36. The van der Waals surface area contributed by atoms with Crippen LogP contribution in [0.5, 0.6) is 5.75 Å². The van der Waals surface area contributed by atoms with Crippen molar-refractivity contribution in [3.8, 4) is 5.75 Å². The second-order valence-electron chi connectivity index (χ2n) is 6.50. The first-order valence-electron chi connectivity index (χ1n) is 8.96. The summed E-state index contributed by atoms with van der Waals surface area (Å²) in [4.78, 5) is 25.3. The monoisotopic (exact) mass is 352 g/mol. The van der Waals surface area contributed by atoms with E-state index in [-0.39, 0.29) is 17.7 Å². The molecule has 0 heterocycles. The average Bonchev–Trinajstić information content (AvgIpc) is 3.50. The number of hydrogen-bond donors (Lipinski definition) is 1. The Kier molecular flexibility index (Phi) is 5.89. The summed E-state index contributed by atoms with van der Waals surface area (Å²) in [6, 6.07) is 17.4. The van der Waals surface area contributed by atoms with Gasteiger partial charge in [0, 0.05) is 31.6 Å². The summed E-state index contributed by atoms with van der Waals surface area (Å²) < 4.78 is 5.77. The number of rotatable bonds is 8. The number of benzene rings is 2. The van der Waals surface area contributed by atoms with Crippen LogP contribution in [0, 0.1) is 5.92 Å². The van der Waals surface area contributed by atoms with Crippen molar-refractivity contribution in [1.29, 1.82) is 0 Å². The van der Waals surface area contributed by atoms with Gasteiger partial charge in [-0.15, -0.1) is 0 Å². The fourth-order valence-corrected chi connectivity index (χ4v) is 2.71. The Morgan fingerprint density at radius 3 is 2.38 bits per heavy atom. The van der Waals surface area contributed by atoms with Gasteiger partial charge in [-0.1, -0.05) is 30.3 Å². The molecule has 0 bridgehead atoms. The van der Waals surface area contributed by atoms with Crippen LogP contribution in [0.15, 0.2) is 54.6 Å². The predicted molar refractivity (Wildman–Crippen MR) is 101 cm³/mol. The normalized spacial score (nSPS) is 13.1. The van der Waals surface area contributed by atoms with E-state index in [4.69, 9.17) is 4.74 Å². The molecule has 0 unspecified atom stereocenters. The molecule has 2 aromatic rings. The summed E-state index contributed by atoms with van der Waals surface area (Å²) in [5.74, 6) is 0.978. The first kappa shape index (κ1) is 18.0. The molecule has 2 amide bonds. The standard InChI is InChI=1S/C21H24N2O3/c1-16(24)23(14-13-22-21(25)18-7-8-18)19-9-11-20(12-10-19)26-15-17-5-3-2-4-6-17/h2-6,9-12,18H,7-8,13-15H2,1H3,(H,22,25). The van der Waals surface area contributed by atoms with Gasteiger partial charge in [0.2, 0.25) is 11.8 Å². The van der Waals surface area contributed by atoms with E-state index >= 15 is 0 Å². The van der Waals surface area contributed by atoms with E-state index in [0.717, 1.165) is 29.8 Å². The molecule has 3 rings (SSSR count). The number of anilines is 1. The second kappa shape index (κ2) is 8.52. The first-order chi connectivity index (χ1) is 12.6. The molecule has 0 atom stereocenters. The van der Waals surface area contributed by atoms with Gasteiger partial charge in [-0.3, -0.25) is 9.59 Å². The number of nitrogens with zero attached hydrogens (tertiary/aromatic N) is 1. The van der Waals surface area contributed by atoms with E-state index in [1.807, 2.05) is 54.6 Å². The summed E-state index contributed by atoms with van der Waals surface area (Å²) in [5, 5.41) is 2.89. The van der Waals surface area contributed by atoms with Crippen LogP contribution < -0.4 is 15.0 Å². The summed E-state index contributed by atoms with van der Waals surface area (Å²) in [6.07, 6.45) is 1.96. The van der Waals surface area contributed by atoms with Crippen LogP contribution in [0.25, 0.3) is 0 Å². The van der Waals surface area contributed by atoms with Gasteiger partial charge in [-0.2, -0.15) is 0 Å². The van der Waals surface area contributed by atoms with Gasteiger partial charge in [0.05, 0.1) is 0 Å². The van der Waals surface area contributed by atoms with Crippen molar-refractivity contribution in [2.75, 3.05) is 18.0 Å². The highest BCUT2D eigenvalue weighted by Gasteiger charge is 2.29. The van der Waals surface area contributed by atoms with E-state index < -0.39 is 0 Å². The topological polar surface area (TPSA) is 58.6 Å². The Morgan fingerprint density at radius 2 is 1.77 bits per heavy atom. The highest BCUT2D eigenvalue weighted by molar-refractivity contribution is 5.91. The molecule has 5 nitrogen and oxygen atoms in total. The highest BCUT2D eigenvalue weighted by atomic mass is 16.5. The number of carbonyl (C=O) groups excluding carboxylic acids is 2. The predicted octanol–water partition coefficient (Wildman–Crippen LogP) is 3.14. The molecule has 1 saturated carbocycles. The molecule has 136 valence electrons. The fraction of sp³-hybridized carbons (Fsp3) is 0.333. The lowest BCUT2D eigenvalue weighted by Gasteiger charge is -2.21. The molecule has 0 spiro atoms. The molecule has 26 heavy (non-hydrogen) atoms. The van der Waals surface area contributed by atoms with Crippen LogP contribution in [0.3, 0.4) is 0 Å². The molecule has 0 aliphatic heterocycles. The summed E-state index contributed by atoms with van der Waals surface area (Å²) in [6.45, 7) is 2.95. The number of ether oxygens (including phenoxy) is 1. The van der Waals surface area contributed by atoms with Gasteiger partial charge in [0.25, 0.3) is 0 Å². The molecule has 1 aliphatic rings. The summed E-state index contributed by atoms with van der Waals surface area (Å²) in [7, 11) is 0. The zero-order valence-electron chi connectivity index (χ0n) is 15.0. The number of hydrogen-bond acceptors (Lipinski definition) is 3. The number of amides is 2. The third-order valence-corrected chi connectivity index (χ3v) is 4.36. The van der Waals surface area contributed by atoms with Gasteiger partial charge >= 0.3 is 0 Å². The second-order valence-corrected chi connectivity index (χ2v) is 6.50. The number of nitrogens with one attached hydrogen (secondary N) is 1. The van der Waals surface area contributed by atoms with E-state index in [9.17, 15) is 9.59 Å². The molecule has 0 radical (unpaired) electrons. The zero-order chi connectivity index (χ0) is 18.4. The number of carbonyl (C=O) groups is 2. The molecule has 0 aromatic heterocycles. The quantitative estimate of drug-likeness (QED) is 0.794. The van der Waals surface area contributed by atoms with Crippen LogP contribution in [-0.2, 0) is 16.2 Å². The summed E-state index contributed by atoms with van der Waals surface area (Å²) in [5.41, 5.74) is 1.90. The molecular weight excluding hydrogens is 328 g/mol. The van der Waals surface area contributed by atoms with Crippen molar-refractivity contribution in [3.05, 3.63) is 60.2 Å². The average molecular weight is 352 g/mol. The van der Waals surface area contributed by atoms with Crippen molar-refractivity contribution >= 4 is 17.5 Å². The SMILES string of the molecule is CC(=O)N(CCNC(=O)C1CC1)c1ccc(OCc2ccccc2)cc1. The largest absolute Gasteiger partial charge is 0.489 e. The smallest absolute Gasteiger partial charge is 0.223 e. The van der Waals surface area contributed by atoms with Gasteiger partial charge in [0.15, 0.2) is 0 Å². The Labute approximate surface area is 154 Å². The van der Waals surface area contributed by atoms with Gasteiger partial charge in [-0.25, -0.2) is 0 Å². The first-order valence-corrected chi connectivity index (χ1v) is 8.96. The summed E-state index contributed by atoms with van der Waals surface area (Å²) >= 11 is 0. The maximum absolute atomic E-state index is 11.9. The van der Waals surface area contributed by atoms with Crippen molar-refractivity contribution in [1.82, 2.24) is 5.32 Å². The molecule has 1 aliphatic carbocycles. The van der Waals surface area contributed by atoms with Gasteiger partial charge < -0.3 is 15.0 Å². The van der Waals surface area contributed by atoms with Crippen molar-refractivity contribution in [2.45, 2.75) is 26.4 Å². The minimum atomic E-state index is -0.0522. The van der Waals surface area contributed by atoms with E-state index in [1.165, 1.54) is 6.92 Å². The van der Waals surface area contributed by atoms with Crippen LogP contribution >= 0.6 is 0 Å². The van der Waals surface area contributed by atoms with E-state index in [1.54, 1.807) is 4.90 Å². The maximum atomic E-state index is 11.9. The molecule has 2 aromatic carbocycles. The molecule has 5 heteroatoms. The lowest BCUT2D eigenvalue weighted by molar-refractivity contribution is -0.122. The van der Waals surface area contributed by atoms with Gasteiger partial charge in [-0.05, 0) is 42.7 Å². The maximum Gasteiger partial charge on any atom is 0.223 e. The Bertz CT molecular complexity index is 740. The van der Waals surface area contributed by atoms with E-state index in [2.05, 4.69) is 5.32 Å². The molecule has 0 saturated heterocycles. The molecular formula is C21H24N2O3. The fourth-order valence-electron chi connectivity index (χ4n) is 2.71. The lowest BCUT2D eigenvalue weighted by Crippen LogP contribution is -2.38. The van der Waals surface area contributed by atoms with Crippen LogP contribution in [-0.4, -0.2) is 24.9 Å². The Hall–Kier alpha value is -2.82. The van der Waals surface area contributed by atoms with Crippen molar-refractivity contribution in [3.63, 3.8) is 0 Å². The minimum Gasteiger partial charge on any atom is -0.489 e. The minimum absolute atomic E-state index is 0.0522. The zero-order valence-corrected chi connectivity index (χ0v) is 15.0. The molecule has 1 fully saturated rings. The van der Waals surface area contributed by atoms with Crippen molar-refractivity contribution in [2.24, 2.45) is 5.92 Å². The Morgan fingerprint density at radius 1 is 1.08 bits per heavy atom. The van der Waals surface area contributed by atoms with Crippen LogP contribution in [0.1, 0.15) is 25.3 Å². The van der Waals surface area contributed by atoms with E-state index in [0.29, 0.717) is 19.7 Å². The van der Waals surface area contributed by atoms with Crippen LogP contribution in [0.4, 0.5) is 5.69 Å². The lowest BCUT2D eigenvalue weighted by atomic mass is 10.2. The highest BCUT2D eigenvalue weighted by Crippen LogP contribution is 2.28. The Balaban J connectivity index is 1.53. The van der Waals surface area contributed by atoms with Gasteiger partial charge in [0.1, 0.15) is 12.4 Å². The van der Waals surface area contributed by atoms with Crippen molar-refractivity contribution < 1.29 is 14.3 Å².